The second-order valence-corrected chi connectivity index (χ2v) is 2.71. The minimum Gasteiger partial charge on any atom is -0.426 e. The lowest BCUT2D eigenvalue weighted by Crippen LogP contribution is -2.00. The van der Waals surface area contributed by atoms with E-state index < -0.39 is 0 Å². The Morgan fingerprint density at radius 3 is 2.86 bits per heavy atom. The highest BCUT2D eigenvalue weighted by molar-refractivity contribution is 5.66. The predicted molar refractivity (Wildman–Crippen MR) is 56.8 cm³/mol. The van der Waals surface area contributed by atoms with Gasteiger partial charge in [-0.05, 0) is 19.1 Å². The Hall–Kier alpha value is -1.71. The lowest BCUT2D eigenvalue weighted by atomic mass is 10.2. The van der Waals surface area contributed by atoms with Crippen LogP contribution in [0.25, 0.3) is 0 Å². The summed E-state index contributed by atoms with van der Waals surface area (Å²) in [6, 6.07) is 5.56. The fourth-order valence-corrected chi connectivity index (χ4v) is 1.19. The van der Waals surface area contributed by atoms with Gasteiger partial charge in [0.25, 0.3) is 6.47 Å². The van der Waals surface area contributed by atoms with Gasteiger partial charge < -0.3 is 15.4 Å². The van der Waals surface area contributed by atoms with E-state index in [4.69, 9.17) is 4.74 Å². The van der Waals surface area contributed by atoms with Crippen LogP contribution in [0.3, 0.4) is 0 Å². The van der Waals surface area contributed by atoms with E-state index in [2.05, 4.69) is 10.6 Å². The lowest BCUT2D eigenvalue weighted by molar-refractivity contribution is -0.120. The predicted octanol–water partition coefficient (Wildman–Crippen LogP) is 1.70. The van der Waals surface area contributed by atoms with E-state index in [0.29, 0.717) is 12.2 Å². The molecule has 2 N–H and O–H groups in total. The Balaban J connectivity index is 2.94. The van der Waals surface area contributed by atoms with Gasteiger partial charge in [-0.15, -0.1) is 0 Å². The van der Waals surface area contributed by atoms with Crippen LogP contribution in [-0.2, 0) is 4.79 Å². The normalized spacial score (nSPS) is 9.29. The molecule has 0 amide bonds. The molecule has 0 unspecified atom stereocenters. The molecule has 0 saturated heterocycles. The third-order valence-corrected chi connectivity index (χ3v) is 1.81. The summed E-state index contributed by atoms with van der Waals surface area (Å²) in [6.45, 7) is 3.26. The number of anilines is 2. The summed E-state index contributed by atoms with van der Waals surface area (Å²) in [7, 11) is 1.78. The lowest BCUT2D eigenvalue weighted by Gasteiger charge is -2.09. The van der Waals surface area contributed by atoms with Gasteiger partial charge in [-0.2, -0.15) is 0 Å². The third-order valence-electron chi connectivity index (χ3n) is 1.81. The zero-order chi connectivity index (χ0) is 10.4. The molecule has 0 heterocycles. The average molecular weight is 194 g/mol. The van der Waals surface area contributed by atoms with Gasteiger partial charge in [0, 0.05) is 25.3 Å². The van der Waals surface area contributed by atoms with Crippen molar-refractivity contribution in [3.05, 3.63) is 18.2 Å². The summed E-state index contributed by atoms with van der Waals surface area (Å²) in [5.74, 6) is 0.529. The fourth-order valence-electron chi connectivity index (χ4n) is 1.19. The molecule has 0 aromatic heterocycles. The van der Waals surface area contributed by atoms with Crippen LogP contribution in [-0.4, -0.2) is 20.1 Å². The van der Waals surface area contributed by atoms with Gasteiger partial charge in [-0.1, -0.05) is 0 Å². The quantitative estimate of drug-likeness (QED) is 0.700. The molecular weight excluding hydrogens is 180 g/mol. The SMILES string of the molecule is CCNc1ccc(NC)c(OC=O)c1. The number of benzene rings is 1. The van der Waals surface area contributed by atoms with E-state index in [9.17, 15) is 4.79 Å². The molecule has 0 aliphatic heterocycles. The molecule has 0 aliphatic carbocycles. The molecule has 14 heavy (non-hydrogen) atoms. The molecule has 1 rings (SSSR count). The van der Waals surface area contributed by atoms with Gasteiger partial charge in [-0.3, -0.25) is 4.79 Å². The number of rotatable bonds is 5. The van der Waals surface area contributed by atoms with Gasteiger partial charge in [-0.25, -0.2) is 0 Å². The molecule has 0 bridgehead atoms. The summed E-state index contributed by atoms with van der Waals surface area (Å²) < 4.78 is 4.83. The van der Waals surface area contributed by atoms with Gasteiger partial charge in [0.05, 0.1) is 5.69 Å². The van der Waals surface area contributed by atoms with E-state index in [1.807, 2.05) is 19.1 Å². The van der Waals surface area contributed by atoms with Gasteiger partial charge in [0.2, 0.25) is 0 Å². The molecule has 0 aliphatic rings. The minimum absolute atomic E-state index is 0.423. The van der Waals surface area contributed by atoms with Crippen molar-refractivity contribution in [1.29, 1.82) is 0 Å². The van der Waals surface area contributed by atoms with Crippen LogP contribution in [0, 0.1) is 0 Å². The first-order chi connectivity index (χ1) is 6.81. The smallest absolute Gasteiger partial charge is 0.298 e. The van der Waals surface area contributed by atoms with E-state index >= 15 is 0 Å². The molecule has 0 atom stereocenters. The molecular formula is C10H14N2O2. The van der Waals surface area contributed by atoms with Crippen molar-refractivity contribution in [3.8, 4) is 5.75 Å². The van der Waals surface area contributed by atoms with Crippen LogP contribution in [0.4, 0.5) is 11.4 Å². The highest BCUT2D eigenvalue weighted by Crippen LogP contribution is 2.27. The molecule has 4 nitrogen and oxygen atoms in total. The van der Waals surface area contributed by atoms with Gasteiger partial charge in [0.15, 0.2) is 5.75 Å². The van der Waals surface area contributed by atoms with Crippen LogP contribution >= 0.6 is 0 Å². The molecule has 1 aromatic rings. The van der Waals surface area contributed by atoms with Crippen LogP contribution in [0.15, 0.2) is 18.2 Å². The van der Waals surface area contributed by atoms with Gasteiger partial charge in [0.1, 0.15) is 0 Å². The maximum atomic E-state index is 10.2. The summed E-state index contributed by atoms with van der Waals surface area (Å²) in [5, 5.41) is 6.07. The van der Waals surface area contributed by atoms with Crippen molar-refractivity contribution in [3.63, 3.8) is 0 Å². The first-order valence-corrected chi connectivity index (χ1v) is 4.47. The number of nitrogens with one attached hydrogen (secondary N) is 2. The zero-order valence-corrected chi connectivity index (χ0v) is 8.33. The number of carbonyl (C=O) groups is 1. The Bertz CT molecular complexity index is 313. The topological polar surface area (TPSA) is 50.4 Å². The Kier molecular flexibility index (Phi) is 3.79. The Morgan fingerprint density at radius 2 is 2.29 bits per heavy atom. The maximum Gasteiger partial charge on any atom is 0.298 e. The van der Waals surface area contributed by atoms with E-state index in [1.165, 1.54) is 0 Å². The maximum absolute atomic E-state index is 10.2. The summed E-state index contributed by atoms with van der Waals surface area (Å²) in [5.41, 5.74) is 1.72. The molecule has 1 aromatic carbocycles. The number of ether oxygens (including phenoxy) is 1. The number of hydrogen-bond acceptors (Lipinski definition) is 4. The van der Waals surface area contributed by atoms with E-state index in [1.54, 1.807) is 13.1 Å². The molecule has 76 valence electrons. The first-order valence-electron chi connectivity index (χ1n) is 4.47. The van der Waals surface area contributed by atoms with Crippen molar-refractivity contribution < 1.29 is 9.53 Å². The summed E-state index contributed by atoms with van der Waals surface area (Å²) >= 11 is 0. The second kappa shape index (κ2) is 5.11. The minimum atomic E-state index is 0.423. The standard InChI is InChI=1S/C10H14N2O2/c1-3-12-8-4-5-9(11-2)10(6-8)14-7-13/h4-7,11-12H,3H2,1-2H3. The monoisotopic (exact) mass is 194 g/mol. The number of carbonyl (C=O) groups excluding carboxylic acids is 1. The van der Waals surface area contributed by atoms with Crippen LogP contribution in [0.5, 0.6) is 5.75 Å². The van der Waals surface area contributed by atoms with Crippen molar-refractivity contribution in [2.75, 3.05) is 24.2 Å². The van der Waals surface area contributed by atoms with E-state index in [-0.39, 0.29) is 0 Å². The first kappa shape index (κ1) is 10.4. The second-order valence-electron chi connectivity index (χ2n) is 2.71. The molecule has 4 heteroatoms. The van der Waals surface area contributed by atoms with Gasteiger partial charge >= 0.3 is 0 Å². The number of hydrogen-bond donors (Lipinski definition) is 2. The Morgan fingerprint density at radius 1 is 1.50 bits per heavy atom. The van der Waals surface area contributed by atoms with E-state index in [0.717, 1.165) is 17.9 Å². The Labute approximate surface area is 83.3 Å². The third kappa shape index (κ3) is 2.39. The van der Waals surface area contributed by atoms with Crippen molar-refractivity contribution in [2.45, 2.75) is 6.92 Å². The van der Waals surface area contributed by atoms with Crippen molar-refractivity contribution in [2.24, 2.45) is 0 Å². The highest BCUT2D eigenvalue weighted by Gasteiger charge is 2.02. The summed E-state index contributed by atoms with van der Waals surface area (Å²) in [4.78, 5) is 10.2. The molecule has 0 spiro atoms. The van der Waals surface area contributed by atoms with Crippen LogP contribution in [0.2, 0.25) is 0 Å². The summed E-state index contributed by atoms with van der Waals surface area (Å²) in [6.07, 6.45) is 0. The zero-order valence-electron chi connectivity index (χ0n) is 8.33. The molecule has 0 radical (unpaired) electrons. The fraction of sp³-hybridized carbons (Fsp3) is 0.300. The average Bonchev–Trinajstić information content (AvgIpc) is 2.19. The van der Waals surface area contributed by atoms with Crippen molar-refractivity contribution >= 4 is 17.8 Å². The molecule has 0 saturated carbocycles. The molecule has 0 fully saturated rings. The van der Waals surface area contributed by atoms with Crippen molar-refractivity contribution in [1.82, 2.24) is 0 Å². The highest BCUT2D eigenvalue weighted by atomic mass is 16.5. The van der Waals surface area contributed by atoms with Crippen LogP contribution in [0.1, 0.15) is 6.92 Å². The largest absolute Gasteiger partial charge is 0.426 e. The van der Waals surface area contributed by atoms with Crippen LogP contribution < -0.4 is 15.4 Å².